The lowest BCUT2D eigenvalue weighted by Gasteiger charge is -2.26. The zero-order valence-corrected chi connectivity index (χ0v) is 16.4. The third-order valence-corrected chi connectivity index (χ3v) is 5.85. The molecule has 2 aromatic heterocycles. The van der Waals surface area contributed by atoms with Gasteiger partial charge in [0, 0.05) is 48.9 Å². The zero-order valence-electron chi connectivity index (χ0n) is 15.6. The molecule has 136 valence electrons. The molecular weight excluding hydrogens is 336 g/mol. The quantitative estimate of drug-likeness (QED) is 0.783. The Kier molecular flexibility index (Phi) is 4.97. The molecule has 2 aromatic rings. The molecule has 0 N–H and O–H groups in total. The Morgan fingerprint density at radius 1 is 1.40 bits per heavy atom. The van der Waals surface area contributed by atoms with Gasteiger partial charge < -0.3 is 4.74 Å². The van der Waals surface area contributed by atoms with Crippen LogP contribution in [0.1, 0.15) is 59.3 Å². The highest BCUT2D eigenvalue weighted by Gasteiger charge is 2.28. The first-order valence-corrected chi connectivity index (χ1v) is 9.50. The predicted molar refractivity (Wildman–Crippen MR) is 97.8 cm³/mol. The van der Waals surface area contributed by atoms with Gasteiger partial charge in [0.05, 0.1) is 13.2 Å². The molecule has 1 aliphatic rings. The van der Waals surface area contributed by atoms with E-state index < -0.39 is 0 Å². The van der Waals surface area contributed by atoms with Crippen LogP contribution in [0.4, 0.5) is 0 Å². The Balaban J connectivity index is 1.76. The van der Waals surface area contributed by atoms with Crippen LogP contribution < -0.4 is 0 Å². The molecular formula is C18H26N4O2S. The van der Waals surface area contributed by atoms with Crippen LogP contribution in [-0.4, -0.2) is 38.8 Å². The van der Waals surface area contributed by atoms with Crippen LogP contribution in [0.5, 0.6) is 0 Å². The molecule has 7 heteroatoms. The summed E-state index contributed by atoms with van der Waals surface area (Å²) in [4.78, 5) is 20.4. The van der Waals surface area contributed by atoms with E-state index in [9.17, 15) is 4.79 Å². The van der Waals surface area contributed by atoms with Gasteiger partial charge in [-0.05, 0) is 12.3 Å². The summed E-state index contributed by atoms with van der Waals surface area (Å²) in [5.74, 6) is -0.328. The van der Waals surface area contributed by atoms with Gasteiger partial charge in [-0.15, -0.1) is 11.3 Å². The molecule has 3 heterocycles. The van der Waals surface area contributed by atoms with Gasteiger partial charge in [-0.2, -0.15) is 5.10 Å². The average Bonchev–Trinajstić information content (AvgIpc) is 3.12. The standard InChI is InChI=1S/C18H26N4O2S/c1-6-24-17(23)16-12-10-22(8-7-13(12)21(5)20-16)11-15-19-9-14(25-15)18(2,3)4/h9H,6-8,10-11H2,1-5H3. The number of aryl methyl sites for hydroxylation is 1. The van der Waals surface area contributed by atoms with E-state index >= 15 is 0 Å². The molecule has 0 aromatic carbocycles. The fourth-order valence-corrected chi connectivity index (χ4v) is 4.09. The van der Waals surface area contributed by atoms with Crippen LogP contribution in [0.2, 0.25) is 0 Å². The van der Waals surface area contributed by atoms with Gasteiger partial charge in [-0.25, -0.2) is 9.78 Å². The average molecular weight is 362 g/mol. The highest BCUT2D eigenvalue weighted by Crippen LogP contribution is 2.29. The van der Waals surface area contributed by atoms with Crippen molar-refractivity contribution in [3.63, 3.8) is 0 Å². The maximum atomic E-state index is 12.2. The van der Waals surface area contributed by atoms with Crippen LogP contribution in [0.15, 0.2) is 6.20 Å². The maximum absolute atomic E-state index is 12.2. The molecule has 0 bridgehead atoms. The first-order valence-electron chi connectivity index (χ1n) is 8.69. The summed E-state index contributed by atoms with van der Waals surface area (Å²) in [6.45, 7) is 11.3. The molecule has 6 nitrogen and oxygen atoms in total. The second-order valence-electron chi connectivity index (χ2n) is 7.45. The van der Waals surface area contributed by atoms with E-state index in [2.05, 4.69) is 35.8 Å². The number of nitrogens with zero attached hydrogens (tertiary/aromatic N) is 4. The molecule has 0 fully saturated rings. The molecule has 0 spiro atoms. The number of fused-ring (bicyclic) bond motifs is 1. The number of aromatic nitrogens is 3. The Labute approximate surface area is 152 Å². The highest BCUT2D eigenvalue weighted by molar-refractivity contribution is 7.11. The predicted octanol–water partition coefficient (Wildman–Crippen LogP) is 2.91. The van der Waals surface area contributed by atoms with Crippen LogP contribution in [-0.2, 0) is 36.7 Å². The molecule has 25 heavy (non-hydrogen) atoms. The lowest BCUT2D eigenvalue weighted by atomic mass is 9.96. The summed E-state index contributed by atoms with van der Waals surface area (Å²) in [7, 11) is 1.90. The largest absolute Gasteiger partial charge is 0.461 e. The molecule has 3 rings (SSSR count). The highest BCUT2D eigenvalue weighted by atomic mass is 32.1. The summed E-state index contributed by atoms with van der Waals surface area (Å²) in [5.41, 5.74) is 2.72. The Morgan fingerprint density at radius 2 is 2.16 bits per heavy atom. The summed E-state index contributed by atoms with van der Waals surface area (Å²) in [6, 6.07) is 0. The van der Waals surface area contributed by atoms with Gasteiger partial charge >= 0.3 is 5.97 Å². The lowest BCUT2D eigenvalue weighted by molar-refractivity contribution is 0.0516. The second kappa shape index (κ2) is 6.88. The molecule has 0 saturated heterocycles. The summed E-state index contributed by atoms with van der Waals surface area (Å²) in [5, 5.41) is 5.51. The monoisotopic (exact) mass is 362 g/mol. The number of thiazole rings is 1. The molecule has 0 saturated carbocycles. The van der Waals surface area contributed by atoms with E-state index in [4.69, 9.17) is 4.74 Å². The maximum Gasteiger partial charge on any atom is 0.359 e. The number of carbonyl (C=O) groups is 1. The first kappa shape index (κ1) is 18.1. The van der Waals surface area contributed by atoms with Gasteiger partial charge in [-0.1, -0.05) is 20.8 Å². The minimum Gasteiger partial charge on any atom is -0.461 e. The van der Waals surface area contributed by atoms with Crippen molar-refractivity contribution >= 4 is 17.3 Å². The normalized spacial score (nSPS) is 15.2. The Morgan fingerprint density at radius 3 is 2.80 bits per heavy atom. The zero-order chi connectivity index (χ0) is 18.2. The van der Waals surface area contributed by atoms with Gasteiger partial charge in [0.15, 0.2) is 5.69 Å². The van der Waals surface area contributed by atoms with Crippen molar-refractivity contribution in [2.24, 2.45) is 7.05 Å². The van der Waals surface area contributed by atoms with Gasteiger partial charge in [0.1, 0.15) is 5.01 Å². The molecule has 0 atom stereocenters. The third-order valence-electron chi connectivity index (χ3n) is 4.44. The van der Waals surface area contributed by atoms with Gasteiger partial charge in [0.25, 0.3) is 0 Å². The van der Waals surface area contributed by atoms with Crippen LogP contribution >= 0.6 is 11.3 Å². The van der Waals surface area contributed by atoms with E-state index in [1.165, 1.54) is 4.88 Å². The van der Waals surface area contributed by atoms with E-state index in [0.29, 0.717) is 18.8 Å². The topological polar surface area (TPSA) is 60.2 Å². The lowest BCUT2D eigenvalue weighted by Crippen LogP contribution is -2.31. The van der Waals surface area contributed by atoms with Gasteiger partial charge in [0.2, 0.25) is 0 Å². The summed E-state index contributed by atoms with van der Waals surface area (Å²) < 4.78 is 6.98. The molecule has 0 unspecified atom stereocenters. The fraction of sp³-hybridized carbons (Fsp3) is 0.611. The molecule has 0 aliphatic carbocycles. The van der Waals surface area contributed by atoms with Crippen molar-refractivity contribution in [2.75, 3.05) is 13.2 Å². The Hall–Kier alpha value is -1.73. The van der Waals surface area contributed by atoms with Crippen molar-refractivity contribution in [1.82, 2.24) is 19.7 Å². The smallest absolute Gasteiger partial charge is 0.359 e. The summed E-state index contributed by atoms with van der Waals surface area (Å²) in [6.07, 6.45) is 2.87. The van der Waals surface area contributed by atoms with Crippen molar-refractivity contribution in [3.8, 4) is 0 Å². The number of ether oxygens (including phenoxy) is 1. The number of hydrogen-bond acceptors (Lipinski definition) is 6. The number of carbonyl (C=O) groups excluding carboxylic acids is 1. The van der Waals surface area contributed by atoms with Crippen molar-refractivity contribution in [2.45, 2.75) is 52.6 Å². The van der Waals surface area contributed by atoms with Crippen LogP contribution in [0.3, 0.4) is 0 Å². The number of hydrogen-bond donors (Lipinski definition) is 0. The first-order chi connectivity index (χ1) is 11.8. The van der Waals surface area contributed by atoms with Crippen molar-refractivity contribution in [1.29, 1.82) is 0 Å². The van der Waals surface area contributed by atoms with Crippen molar-refractivity contribution < 1.29 is 9.53 Å². The van der Waals surface area contributed by atoms with E-state index in [1.54, 1.807) is 11.3 Å². The van der Waals surface area contributed by atoms with E-state index in [0.717, 1.165) is 35.8 Å². The second-order valence-corrected chi connectivity index (χ2v) is 8.56. The minimum absolute atomic E-state index is 0.130. The van der Waals surface area contributed by atoms with E-state index in [-0.39, 0.29) is 11.4 Å². The van der Waals surface area contributed by atoms with Crippen LogP contribution in [0.25, 0.3) is 0 Å². The van der Waals surface area contributed by atoms with Crippen molar-refractivity contribution in [3.05, 3.63) is 33.0 Å². The minimum atomic E-state index is -0.328. The molecule has 0 radical (unpaired) electrons. The third kappa shape index (κ3) is 3.77. The summed E-state index contributed by atoms with van der Waals surface area (Å²) >= 11 is 1.77. The molecule has 1 aliphatic heterocycles. The SMILES string of the molecule is CCOC(=O)c1nn(C)c2c1CN(Cc1ncc(C(C)(C)C)s1)CC2. The van der Waals surface area contributed by atoms with Crippen LogP contribution in [0, 0.1) is 0 Å². The fourth-order valence-electron chi connectivity index (χ4n) is 3.07. The van der Waals surface area contributed by atoms with Gasteiger partial charge in [-0.3, -0.25) is 9.58 Å². The Bertz CT molecular complexity index is 773. The number of rotatable bonds is 4. The number of esters is 1. The van der Waals surface area contributed by atoms with E-state index in [1.807, 2.05) is 24.9 Å². The molecule has 0 amide bonds.